The highest BCUT2D eigenvalue weighted by Crippen LogP contribution is 2.33. The predicted octanol–water partition coefficient (Wildman–Crippen LogP) is 2.50. The molecule has 1 aromatic heterocycles. The number of allylic oxidation sites excluding steroid dienone is 1. The summed E-state index contributed by atoms with van der Waals surface area (Å²) in [6.07, 6.45) is 5.44. The number of likely N-dealkylation sites (tertiary alicyclic amines) is 1. The van der Waals surface area contributed by atoms with Crippen LogP contribution in [0.1, 0.15) is 37.2 Å². The molecule has 0 aliphatic carbocycles. The zero-order valence-electron chi connectivity index (χ0n) is 15.0. The predicted molar refractivity (Wildman–Crippen MR) is 98.9 cm³/mol. The van der Waals surface area contributed by atoms with Crippen molar-refractivity contribution in [3.05, 3.63) is 34.2 Å². The number of nitrogens with zero attached hydrogens (tertiary/aromatic N) is 1. The van der Waals surface area contributed by atoms with Gasteiger partial charge in [-0.15, -0.1) is 0 Å². The zero-order valence-corrected chi connectivity index (χ0v) is 15.8. The molecule has 2 atom stereocenters. The summed E-state index contributed by atoms with van der Waals surface area (Å²) in [6.45, 7) is 2.64. The number of thiophene rings is 1. The second-order valence-corrected chi connectivity index (χ2v) is 7.32. The van der Waals surface area contributed by atoms with Gasteiger partial charge >= 0.3 is 0 Å². The standard InChI is InChI=1S/C19H27NO5S/c21-7-8-23-9-10-24-18-13-16(15-4-11-26-14-15)12-17(25-18)19(22)20-5-2-1-3-6-20/h4,11-12,14,16,18,21H,1-3,5-10,13H2/t16-,18+/m0/s1. The normalized spacial score (nSPS) is 23.4. The first-order chi connectivity index (χ1) is 12.8. The third kappa shape index (κ3) is 5.30. The Labute approximate surface area is 158 Å². The number of amides is 1. The number of carbonyl (C=O) groups is 1. The minimum Gasteiger partial charge on any atom is -0.459 e. The van der Waals surface area contributed by atoms with Crippen LogP contribution in [0.25, 0.3) is 0 Å². The van der Waals surface area contributed by atoms with Crippen molar-refractivity contribution in [2.24, 2.45) is 0 Å². The van der Waals surface area contributed by atoms with Gasteiger partial charge in [0.15, 0.2) is 5.76 Å². The van der Waals surface area contributed by atoms with E-state index in [0.29, 0.717) is 32.0 Å². The molecule has 6 nitrogen and oxygen atoms in total. The van der Waals surface area contributed by atoms with Crippen molar-refractivity contribution in [2.45, 2.75) is 37.9 Å². The lowest BCUT2D eigenvalue weighted by Crippen LogP contribution is -2.39. The van der Waals surface area contributed by atoms with Gasteiger partial charge in [-0.1, -0.05) is 0 Å². The molecule has 26 heavy (non-hydrogen) atoms. The minimum atomic E-state index is -0.466. The fourth-order valence-corrected chi connectivity index (χ4v) is 4.01. The molecule has 3 heterocycles. The van der Waals surface area contributed by atoms with Gasteiger partial charge in [0.1, 0.15) is 0 Å². The van der Waals surface area contributed by atoms with Crippen molar-refractivity contribution in [3.63, 3.8) is 0 Å². The Bertz CT molecular complexity index is 583. The van der Waals surface area contributed by atoms with Crippen LogP contribution >= 0.6 is 11.3 Å². The van der Waals surface area contributed by atoms with Gasteiger partial charge in [-0.05, 0) is 47.7 Å². The van der Waals surface area contributed by atoms with Gasteiger partial charge < -0.3 is 24.2 Å². The van der Waals surface area contributed by atoms with E-state index in [1.54, 1.807) is 11.3 Å². The molecule has 0 saturated carbocycles. The third-order valence-corrected chi connectivity index (χ3v) is 5.35. The molecule has 1 saturated heterocycles. The van der Waals surface area contributed by atoms with Crippen molar-refractivity contribution >= 4 is 17.2 Å². The van der Waals surface area contributed by atoms with Crippen LogP contribution in [0.15, 0.2) is 28.7 Å². The molecule has 1 fully saturated rings. The highest BCUT2D eigenvalue weighted by atomic mass is 32.1. The van der Waals surface area contributed by atoms with Crippen molar-refractivity contribution in [1.82, 2.24) is 4.90 Å². The molecule has 7 heteroatoms. The van der Waals surface area contributed by atoms with E-state index in [1.807, 2.05) is 16.4 Å². The van der Waals surface area contributed by atoms with E-state index in [9.17, 15) is 4.79 Å². The molecule has 0 radical (unpaired) electrons. The Morgan fingerprint density at radius 2 is 2.12 bits per heavy atom. The van der Waals surface area contributed by atoms with Crippen molar-refractivity contribution in [3.8, 4) is 0 Å². The van der Waals surface area contributed by atoms with Crippen LogP contribution in [0, 0.1) is 0 Å². The number of aliphatic hydroxyl groups excluding tert-OH is 1. The van der Waals surface area contributed by atoms with Crippen molar-refractivity contribution < 1.29 is 24.1 Å². The fourth-order valence-electron chi connectivity index (χ4n) is 3.29. The van der Waals surface area contributed by atoms with E-state index in [4.69, 9.17) is 19.3 Å². The Balaban J connectivity index is 1.64. The Kier molecular flexibility index (Phi) is 7.49. The molecular weight excluding hydrogens is 354 g/mol. The number of carbonyl (C=O) groups excluding carboxylic acids is 1. The molecular formula is C19H27NO5S. The lowest BCUT2D eigenvalue weighted by atomic mass is 9.95. The molecule has 3 rings (SSSR count). The largest absolute Gasteiger partial charge is 0.459 e. The zero-order chi connectivity index (χ0) is 18.2. The van der Waals surface area contributed by atoms with Crippen LogP contribution in [0.5, 0.6) is 0 Å². The van der Waals surface area contributed by atoms with Gasteiger partial charge in [0.05, 0.1) is 26.4 Å². The average Bonchev–Trinajstić information content (AvgIpc) is 3.23. The van der Waals surface area contributed by atoms with Crippen LogP contribution in [-0.2, 0) is 19.0 Å². The van der Waals surface area contributed by atoms with Crippen molar-refractivity contribution in [2.75, 3.05) is 39.5 Å². The molecule has 1 amide bonds. The summed E-state index contributed by atoms with van der Waals surface area (Å²) in [4.78, 5) is 14.7. The van der Waals surface area contributed by atoms with Crippen LogP contribution in [0.4, 0.5) is 0 Å². The highest BCUT2D eigenvalue weighted by Gasteiger charge is 2.31. The number of aliphatic hydroxyl groups is 1. The molecule has 0 aromatic carbocycles. The molecule has 0 bridgehead atoms. The first-order valence-electron chi connectivity index (χ1n) is 9.28. The SMILES string of the molecule is O=C(C1=C[C@H](c2ccsc2)C[C@H](OCCOCCO)O1)N1CCCCC1. The number of hydrogen-bond acceptors (Lipinski definition) is 6. The topological polar surface area (TPSA) is 68.2 Å². The molecule has 1 N–H and O–H groups in total. The summed E-state index contributed by atoms with van der Waals surface area (Å²) >= 11 is 1.65. The number of ether oxygens (including phenoxy) is 3. The van der Waals surface area contributed by atoms with E-state index >= 15 is 0 Å². The summed E-state index contributed by atoms with van der Waals surface area (Å²) in [5.41, 5.74) is 1.19. The highest BCUT2D eigenvalue weighted by molar-refractivity contribution is 7.08. The van der Waals surface area contributed by atoms with Crippen LogP contribution in [0.2, 0.25) is 0 Å². The fraction of sp³-hybridized carbons (Fsp3) is 0.632. The first-order valence-corrected chi connectivity index (χ1v) is 10.2. The smallest absolute Gasteiger partial charge is 0.288 e. The van der Waals surface area contributed by atoms with Gasteiger partial charge in [-0.25, -0.2) is 0 Å². The molecule has 1 aromatic rings. The van der Waals surface area contributed by atoms with Crippen LogP contribution < -0.4 is 0 Å². The van der Waals surface area contributed by atoms with Gasteiger partial charge in [-0.2, -0.15) is 11.3 Å². The third-order valence-electron chi connectivity index (χ3n) is 4.65. The summed E-state index contributed by atoms with van der Waals surface area (Å²) < 4.78 is 16.9. The second kappa shape index (κ2) is 10.1. The monoisotopic (exact) mass is 381 g/mol. The van der Waals surface area contributed by atoms with E-state index in [1.165, 1.54) is 12.0 Å². The van der Waals surface area contributed by atoms with E-state index in [0.717, 1.165) is 25.9 Å². The Morgan fingerprint density at radius 3 is 2.85 bits per heavy atom. The van der Waals surface area contributed by atoms with E-state index < -0.39 is 6.29 Å². The number of piperidine rings is 1. The second-order valence-electron chi connectivity index (χ2n) is 6.54. The first kappa shape index (κ1) is 19.4. The lowest BCUT2D eigenvalue weighted by Gasteiger charge is -2.32. The average molecular weight is 381 g/mol. The lowest BCUT2D eigenvalue weighted by molar-refractivity contribution is -0.157. The maximum atomic E-state index is 12.9. The molecule has 0 spiro atoms. The maximum Gasteiger partial charge on any atom is 0.288 e. The maximum absolute atomic E-state index is 12.9. The van der Waals surface area contributed by atoms with E-state index in [2.05, 4.69) is 11.4 Å². The van der Waals surface area contributed by atoms with Gasteiger partial charge in [0.2, 0.25) is 6.29 Å². The summed E-state index contributed by atoms with van der Waals surface area (Å²) in [6, 6.07) is 2.08. The summed E-state index contributed by atoms with van der Waals surface area (Å²) in [5, 5.41) is 12.9. The molecule has 0 unspecified atom stereocenters. The van der Waals surface area contributed by atoms with E-state index in [-0.39, 0.29) is 18.4 Å². The molecule has 144 valence electrons. The Morgan fingerprint density at radius 1 is 1.27 bits per heavy atom. The molecule has 2 aliphatic rings. The number of rotatable bonds is 8. The quantitative estimate of drug-likeness (QED) is 0.701. The van der Waals surface area contributed by atoms with Crippen LogP contribution in [0.3, 0.4) is 0 Å². The Hall–Kier alpha value is -1.41. The minimum absolute atomic E-state index is 0.00260. The summed E-state index contributed by atoms with van der Waals surface area (Å²) in [5.74, 6) is 0.479. The number of hydrogen-bond donors (Lipinski definition) is 1. The van der Waals surface area contributed by atoms with Crippen molar-refractivity contribution in [1.29, 1.82) is 0 Å². The van der Waals surface area contributed by atoms with Gasteiger partial charge in [-0.3, -0.25) is 4.79 Å². The summed E-state index contributed by atoms with van der Waals surface area (Å²) in [7, 11) is 0. The molecule has 2 aliphatic heterocycles. The van der Waals surface area contributed by atoms with Gasteiger partial charge in [0, 0.05) is 25.4 Å². The van der Waals surface area contributed by atoms with Crippen LogP contribution in [-0.4, -0.2) is 61.7 Å². The van der Waals surface area contributed by atoms with Gasteiger partial charge in [0.25, 0.3) is 5.91 Å².